The van der Waals surface area contributed by atoms with Crippen molar-refractivity contribution >= 4 is 16.8 Å². The highest BCUT2D eigenvalue weighted by molar-refractivity contribution is 5.99. The Kier molecular flexibility index (Phi) is 6.70. The van der Waals surface area contributed by atoms with Gasteiger partial charge < -0.3 is 19.3 Å². The lowest BCUT2D eigenvalue weighted by Crippen LogP contribution is -2.64. The first-order valence-corrected chi connectivity index (χ1v) is 10.7. The van der Waals surface area contributed by atoms with Gasteiger partial charge >= 0.3 is 0 Å². The Balaban J connectivity index is 1.29. The maximum atomic E-state index is 13.1. The van der Waals surface area contributed by atoms with Gasteiger partial charge in [0.25, 0.3) is 5.91 Å². The zero-order chi connectivity index (χ0) is 20.9. The van der Waals surface area contributed by atoms with Gasteiger partial charge in [-0.15, -0.1) is 6.42 Å². The topological polar surface area (TPSA) is 61.2 Å². The smallest absolute Gasteiger partial charge is 0.270 e. The van der Waals surface area contributed by atoms with E-state index in [1.807, 2.05) is 39.8 Å². The maximum absolute atomic E-state index is 13.1. The van der Waals surface area contributed by atoms with Crippen LogP contribution in [0.3, 0.4) is 0 Å². The summed E-state index contributed by atoms with van der Waals surface area (Å²) in [6.07, 6.45) is 5.55. The number of para-hydroxylation sites is 1. The van der Waals surface area contributed by atoms with Gasteiger partial charge in [-0.05, 0) is 12.1 Å². The average Bonchev–Trinajstić information content (AvgIpc) is 3.10. The highest BCUT2D eigenvalue weighted by Gasteiger charge is 2.37. The number of aliphatic hydroxyl groups is 1. The number of carbonyl (C=O) groups is 1. The summed E-state index contributed by atoms with van der Waals surface area (Å²) >= 11 is 0. The third-order valence-electron chi connectivity index (χ3n) is 6.14. The van der Waals surface area contributed by atoms with Gasteiger partial charge in [0.15, 0.2) is 0 Å². The summed E-state index contributed by atoms with van der Waals surface area (Å²) in [5.41, 5.74) is 1.69. The van der Waals surface area contributed by atoms with Gasteiger partial charge in [0.05, 0.1) is 26.4 Å². The van der Waals surface area contributed by atoms with Gasteiger partial charge in [-0.25, -0.2) is 0 Å². The van der Waals surface area contributed by atoms with Crippen molar-refractivity contribution in [1.82, 2.24) is 19.3 Å². The second-order valence-electron chi connectivity index (χ2n) is 7.96. The molecule has 0 bridgehead atoms. The van der Waals surface area contributed by atoms with Crippen LogP contribution in [0.2, 0.25) is 0 Å². The number of nitrogens with zero attached hydrogens (tertiary/aromatic N) is 4. The molecule has 1 aromatic carbocycles. The normalized spacial score (nSPS) is 18.5. The van der Waals surface area contributed by atoms with E-state index in [2.05, 4.69) is 15.7 Å². The highest BCUT2D eigenvalue weighted by Crippen LogP contribution is 2.24. The van der Waals surface area contributed by atoms with Crippen molar-refractivity contribution in [2.45, 2.75) is 12.6 Å². The molecule has 7 heteroatoms. The third kappa shape index (κ3) is 4.37. The number of hydrogen-bond acceptors (Lipinski definition) is 5. The molecule has 1 aromatic heterocycles. The van der Waals surface area contributed by atoms with Crippen molar-refractivity contribution in [3.8, 4) is 12.3 Å². The summed E-state index contributed by atoms with van der Waals surface area (Å²) in [6.45, 7) is 8.07. The highest BCUT2D eigenvalue weighted by atomic mass is 16.5. The number of aromatic nitrogens is 1. The molecule has 2 saturated heterocycles. The molecule has 30 heavy (non-hydrogen) atoms. The van der Waals surface area contributed by atoms with Crippen LogP contribution in [-0.2, 0) is 11.3 Å². The zero-order valence-electron chi connectivity index (χ0n) is 17.4. The van der Waals surface area contributed by atoms with Crippen molar-refractivity contribution < 1.29 is 14.6 Å². The van der Waals surface area contributed by atoms with Crippen molar-refractivity contribution in [2.24, 2.45) is 0 Å². The Morgan fingerprint density at radius 3 is 2.67 bits per heavy atom. The first-order valence-electron chi connectivity index (χ1n) is 10.7. The average molecular weight is 411 g/mol. The molecule has 0 spiro atoms. The van der Waals surface area contributed by atoms with Crippen LogP contribution in [0.1, 0.15) is 10.5 Å². The first-order chi connectivity index (χ1) is 14.7. The summed E-state index contributed by atoms with van der Waals surface area (Å²) in [4.78, 5) is 19.9. The van der Waals surface area contributed by atoms with Crippen molar-refractivity contribution in [3.05, 3.63) is 36.0 Å². The van der Waals surface area contributed by atoms with E-state index in [4.69, 9.17) is 16.3 Å². The summed E-state index contributed by atoms with van der Waals surface area (Å²) in [5.74, 6) is 2.74. The molecule has 160 valence electrons. The number of fused-ring (bicyclic) bond motifs is 1. The molecule has 3 heterocycles. The molecule has 2 aromatic rings. The molecule has 1 amide bonds. The van der Waals surface area contributed by atoms with Crippen molar-refractivity contribution in [3.63, 3.8) is 0 Å². The van der Waals surface area contributed by atoms with Crippen LogP contribution < -0.4 is 0 Å². The molecule has 2 aliphatic rings. The second kappa shape index (κ2) is 9.63. The lowest BCUT2D eigenvalue weighted by atomic mass is 10.1. The quantitative estimate of drug-likeness (QED) is 0.514. The Morgan fingerprint density at radius 2 is 1.93 bits per heavy atom. The zero-order valence-corrected chi connectivity index (χ0v) is 17.4. The largest absolute Gasteiger partial charge is 0.394 e. The molecule has 0 radical (unpaired) electrons. The third-order valence-corrected chi connectivity index (χ3v) is 6.14. The van der Waals surface area contributed by atoms with E-state index in [0.717, 1.165) is 56.7 Å². The molecule has 0 saturated carbocycles. The van der Waals surface area contributed by atoms with Crippen LogP contribution >= 0.6 is 0 Å². The number of terminal acetylenes is 1. The number of rotatable bonds is 8. The predicted molar refractivity (Wildman–Crippen MR) is 116 cm³/mol. The van der Waals surface area contributed by atoms with E-state index in [-0.39, 0.29) is 12.5 Å². The van der Waals surface area contributed by atoms with Crippen LogP contribution in [0.4, 0.5) is 0 Å². The molecular weight excluding hydrogens is 380 g/mol. The van der Waals surface area contributed by atoms with E-state index in [1.54, 1.807) is 0 Å². The number of piperazine rings is 1. The SMILES string of the molecule is C#CCn1c(C(=O)N2CC(N3CCN(CCOCCO)CC3)C2)cc2ccccc21. The Morgan fingerprint density at radius 1 is 1.17 bits per heavy atom. The number of hydrogen-bond donors (Lipinski definition) is 1. The van der Waals surface area contributed by atoms with Gasteiger partial charge in [0.1, 0.15) is 5.69 Å². The molecule has 2 aliphatic heterocycles. The van der Waals surface area contributed by atoms with Crippen LogP contribution in [0.15, 0.2) is 30.3 Å². The first kappa shape index (κ1) is 20.9. The molecule has 2 fully saturated rings. The Hall–Kier alpha value is -2.37. The minimum absolute atomic E-state index is 0.0670. The number of aliphatic hydroxyl groups excluding tert-OH is 1. The van der Waals surface area contributed by atoms with Gasteiger partial charge in [0, 0.05) is 62.8 Å². The van der Waals surface area contributed by atoms with E-state index in [0.29, 0.717) is 31.5 Å². The van der Waals surface area contributed by atoms with Gasteiger partial charge in [0.2, 0.25) is 0 Å². The molecule has 0 aliphatic carbocycles. The number of likely N-dealkylation sites (tertiary alicyclic amines) is 1. The minimum atomic E-state index is 0.0670. The Labute approximate surface area is 177 Å². The van der Waals surface area contributed by atoms with Gasteiger partial charge in [-0.1, -0.05) is 24.1 Å². The lowest BCUT2D eigenvalue weighted by molar-refractivity contribution is 0.00110. The monoisotopic (exact) mass is 410 g/mol. The fourth-order valence-electron chi connectivity index (χ4n) is 4.38. The Bertz CT molecular complexity index is 905. The van der Waals surface area contributed by atoms with Crippen molar-refractivity contribution in [2.75, 3.05) is 65.6 Å². The maximum Gasteiger partial charge on any atom is 0.270 e. The fraction of sp³-hybridized carbons (Fsp3) is 0.522. The molecule has 0 atom stereocenters. The van der Waals surface area contributed by atoms with E-state index < -0.39 is 0 Å². The lowest BCUT2D eigenvalue weighted by Gasteiger charge is -2.48. The van der Waals surface area contributed by atoms with Gasteiger partial charge in [-0.2, -0.15) is 0 Å². The molecular formula is C23H30N4O3. The molecule has 0 unspecified atom stereocenters. The van der Waals surface area contributed by atoms with Crippen molar-refractivity contribution in [1.29, 1.82) is 0 Å². The fourth-order valence-corrected chi connectivity index (χ4v) is 4.38. The van der Waals surface area contributed by atoms with E-state index in [9.17, 15) is 4.79 Å². The summed E-state index contributed by atoms with van der Waals surface area (Å²) in [7, 11) is 0. The van der Waals surface area contributed by atoms with Gasteiger partial charge in [-0.3, -0.25) is 14.6 Å². The second-order valence-corrected chi connectivity index (χ2v) is 7.96. The number of amides is 1. The molecule has 1 N–H and O–H groups in total. The van der Waals surface area contributed by atoms with Crippen LogP contribution in [0.25, 0.3) is 10.9 Å². The predicted octanol–water partition coefficient (Wildman–Crippen LogP) is 0.725. The molecule has 4 rings (SSSR count). The van der Waals surface area contributed by atoms with E-state index in [1.165, 1.54) is 0 Å². The summed E-state index contributed by atoms with van der Waals surface area (Å²) in [6, 6.07) is 10.4. The number of carbonyl (C=O) groups excluding carboxylic acids is 1. The van der Waals surface area contributed by atoms with Crippen LogP contribution in [-0.4, -0.2) is 102 Å². The minimum Gasteiger partial charge on any atom is -0.394 e. The number of ether oxygens (including phenoxy) is 1. The summed E-state index contributed by atoms with van der Waals surface area (Å²) in [5, 5.41) is 9.81. The summed E-state index contributed by atoms with van der Waals surface area (Å²) < 4.78 is 7.31. The molecule has 7 nitrogen and oxygen atoms in total. The standard InChI is InChI=1S/C23H30N4O3/c1-2-7-27-21-6-4-3-5-19(21)16-22(27)23(29)26-17-20(18-26)25-10-8-24(9-11-25)12-14-30-15-13-28/h1,3-6,16,20,28H,7-15,17-18H2. The van der Waals surface area contributed by atoms with E-state index >= 15 is 0 Å². The van der Waals surface area contributed by atoms with Crippen LogP contribution in [0.5, 0.6) is 0 Å². The number of benzene rings is 1. The van der Waals surface area contributed by atoms with Crippen LogP contribution in [0, 0.1) is 12.3 Å².